The number of aromatic nitrogens is 3. The highest BCUT2D eigenvalue weighted by Gasteiger charge is 2.29. The minimum Gasteiger partial charge on any atom is -0.307 e. The van der Waals surface area contributed by atoms with Gasteiger partial charge in [0.25, 0.3) is 0 Å². The third-order valence-corrected chi connectivity index (χ3v) is 4.58. The summed E-state index contributed by atoms with van der Waals surface area (Å²) in [6.45, 7) is 2.09. The third-order valence-electron chi connectivity index (χ3n) is 3.23. The third kappa shape index (κ3) is 2.14. The van der Waals surface area contributed by atoms with Gasteiger partial charge < -0.3 is 4.57 Å². The monoisotopic (exact) mass is 369 g/mol. The summed E-state index contributed by atoms with van der Waals surface area (Å²) < 4.78 is 3.39. The Balaban J connectivity index is 2.10. The molecular formula is C13H13Br2N3. The van der Waals surface area contributed by atoms with Crippen molar-refractivity contribution in [1.82, 2.24) is 14.8 Å². The fourth-order valence-electron chi connectivity index (χ4n) is 2.06. The molecule has 1 aromatic heterocycles. The first-order valence-corrected chi connectivity index (χ1v) is 7.88. The standard InChI is InChI=1S/C13H13Br2N3/c1-8-2-3-9(6-11(8)15)13-17-16-12(7-14)18(13)10-4-5-10/h2-3,6,10H,4-5,7H2,1H3. The Kier molecular flexibility index (Phi) is 3.28. The van der Waals surface area contributed by atoms with E-state index in [0.717, 1.165) is 27.0 Å². The quantitative estimate of drug-likeness (QED) is 0.756. The number of hydrogen-bond donors (Lipinski definition) is 0. The Morgan fingerprint density at radius 1 is 1.33 bits per heavy atom. The first-order chi connectivity index (χ1) is 8.70. The molecule has 1 heterocycles. The fraction of sp³-hybridized carbons (Fsp3) is 0.385. The lowest BCUT2D eigenvalue weighted by Gasteiger charge is -2.08. The van der Waals surface area contributed by atoms with Gasteiger partial charge in [0.15, 0.2) is 5.82 Å². The molecule has 0 unspecified atom stereocenters. The lowest BCUT2D eigenvalue weighted by Crippen LogP contribution is -2.01. The number of benzene rings is 1. The van der Waals surface area contributed by atoms with Crippen LogP contribution in [0.2, 0.25) is 0 Å². The topological polar surface area (TPSA) is 30.7 Å². The highest BCUT2D eigenvalue weighted by atomic mass is 79.9. The van der Waals surface area contributed by atoms with Gasteiger partial charge in [0, 0.05) is 16.1 Å². The molecule has 0 N–H and O–H groups in total. The second kappa shape index (κ2) is 4.78. The largest absolute Gasteiger partial charge is 0.307 e. The van der Waals surface area contributed by atoms with E-state index in [9.17, 15) is 0 Å². The molecule has 1 aliphatic carbocycles. The zero-order chi connectivity index (χ0) is 12.7. The van der Waals surface area contributed by atoms with Crippen molar-refractivity contribution < 1.29 is 0 Å². The summed E-state index contributed by atoms with van der Waals surface area (Å²) >= 11 is 7.06. The van der Waals surface area contributed by atoms with E-state index in [1.54, 1.807) is 0 Å². The van der Waals surface area contributed by atoms with Gasteiger partial charge >= 0.3 is 0 Å². The number of halogens is 2. The molecule has 0 radical (unpaired) electrons. The van der Waals surface area contributed by atoms with E-state index in [1.165, 1.54) is 18.4 Å². The van der Waals surface area contributed by atoms with Crippen LogP contribution < -0.4 is 0 Å². The second-order valence-corrected chi connectivity index (χ2v) is 6.05. The van der Waals surface area contributed by atoms with Crippen molar-refractivity contribution in [2.45, 2.75) is 31.1 Å². The molecule has 1 fully saturated rings. The minimum atomic E-state index is 0.586. The van der Waals surface area contributed by atoms with Gasteiger partial charge in [-0.05, 0) is 31.4 Å². The summed E-state index contributed by atoms with van der Waals surface area (Å²) in [5, 5.41) is 9.38. The van der Waals surface area contributed by atoms with Gasteiger partial charge in [0.1, 0.15) is 5.82 Å². The van der Waals surface area contributed by atoms with Gasteiger partial charge in [-0.25, -0.2) is 0 Å². The van der Waals surface area contributed by atoms with Crippen LogP contribution in [0, 0.1) is 6.92 Å². The molecule has 0 bridgehead atoms. The Hall–Kier alpha value is -0.680. The maximum atomic E-state index is 4.35. The molecule has 2 aromatic rings. The normalized spacial score (nSPS) is 15.1. The van der Waals surface area contributed by atoms with E-state index in [4.69, 9.17) is 0 Å². The van der Waals surface area contributed by atoms with E-state index in [1.807, 2.05) is 0 Å². The van der Waals surface area contributed by atoms with Gasteiger partial charge in [0.05, 0.1) is 5.33 Å². The second-order valence-electron chi connectivity index (χ2n) is 4.64. The van der Waals surface area contributed by atoms with Crippen molar-refractivity contribution in [1.29, 1.82) is 0 Å². The molecule has 5 heteroatoms. The van der Waals surface area contributed by atoms with E-state index >= 15 is 0 Å². The molecule has 18 heavy (non-hydrogen) atoms. The molecule has 1 aliphatic rings. The summed E-state index contributed by atoms with van der Waals surface area (Å²) in [4.78, 5) is 0. The van der Waals surface area contributed by atoms with Crippen molar-refractivity contribution in [3.05, 3.63) is 34.1 Å². The van der Waals surface area contributed by atoms with Crippen LogP contribution in [-0.2, 0) is 5.33 Å². The van der Waals surface area contributed by atoms with Gasteiger partial charge in [-0.2, -0.15) is 0 Å². The van der Waals surface area contributed by atoms with Gasteiger partial charge in [0.2, 0.25) is 0 Å². The molecule has 3 nitrogen and oxygen atoms in total. The van der Waals surface area contributed by atoms with Crippen LogP contribution in [0.1, 0.15) is 30.3 Å². The number of nitrogens with zero attached hydrogens (tertiary/aromatic N) is 3. The average Bonchev–Trinajstić information content (AvgIpc) is 3.12. The lowest BCUT2D eigenvalue weighted by atomic mass is 10.1. The van der Waals surface area contributed by atoms with Gasteiger partial charge in [-0.3, -0.25) is 0 Å². The van der Waals surface area contributed by atoms with Crippen molar-refractivity contribution in [2.24, 2.45) is 0 Å². The zero-order valence-corrected chi connectivity index (χ0v) is 13.2. The number of hydrogen-bond acceptors (Lipinski definition) is 2. The first kappa shape index (κ1) is 12.4. The smallest absolute Gasteiger partial charge is 0.164 e. The number of rotatable bonds is 3. The minimum absolute atomic E-state index is 0.586. The highest BCUT2D eigenvalue weighted by molar-refractivity contribution is 9.10. The van der Waals surface area contributed by atoms with Crippen molar-refractivity contribution in [3.8, 4) is 11.4 Å². The Morgan fingerprint density at radius 2 is 2.11 bits per heavy atom. The molecule has 3 rings (SSSR count). The van der Waals surface area contributed by atoms with Crippen LogP contribution in [0.3, 0.4) is 0 Å². The zero-order valence-electron chi connectivity index (χ0n) is 10.0. The number of aryl methyl sites for hydroxylation is 1. The van der Waals surface area contributed by atoms with Gasteiger partial charge in [-0.1, -0.05) is 44.0 Å². The van der Waals surface area contributed by atoms with E-state index in [2.05, 4.69) is 71.7 Å². The first-order valence-electron chi connectivity index (χ1n) is 5.97. The van der Waals surface area contributed by atoms with Crippen LogP contribution in [0.15, 0.2) is 22.7 Å². The predicted molar refractivity (Wildman–Crippen MR) is 78.8 cm³/mol. The molecule has 1 saturated carbocycles. The van der Waals surface area contributed by atoms with Crippen molar-refractivity contribution >= 4 is 31.9 Å². The summed E-state index contributed by atoms with van der Waals surface area (Å²) in [6, 6.07) is 6.93. The van der Waals surface area contributed by atoms with Crippen molar-refractivity contribution in [3.63, 3.8) is 0 Å². The van der Waals surface area contributed by atoms with E-state index < -0.39 is 0 Å². The maximum Gasteiger partial charge on any atom is 0.164 e. The summed E-state index contributed by atoms with van der Waals surface area (Å²) in [6.07, 6.45) is 2.47. The van der Waals surface area contributed by atoms with Crippen LogP contribution in [0.5, 0.6) is 0 Å². The van der Waals surface area contributed by atoms with Crippen LogP contribution in [0.4, 0.5) is 0 Å². The predicted octanol–water partition coefficient (Wildman–Crippen LogP) is 4.25. The maximum absolute atomic E-state index is 4.35. The molecule has 0 atom stereocenters. The molecule has 0 spiro atoms. The van der Waals surface area contributed by atoms with E-state index in [0.29, 0.717) is 6.04 Å². The molecular weight excluding hydrogens is 358 g/mol. The average molecular weight is 371 g/mol. The Morgan fingerprint density at radius 3 is 2.72 bits per heavy atom. The van der Waals surface area contributed by atoms with Crippen LogP contribution in [0.25, 0.3) is 11.4 Å². The Bertz CT molecular complexity index is 588. The lowest BCUT2D eigenvalue weighted by molar-refractivity contribution is 0.714. The summed E-state index contributed by atoms with van der Waals surface area (Å²) in [5.74, 6) is 2.00. The van der Waals surface area contributed by atoms with Gasteiger partial charge in [-0.15, -0.1) is 10.2 Å². The highest BCUT2D eigenvalue weighted by Crippen LogP contribution is 2.39. The summed E-state index contributed by atoms with van der Waals surface area (Å²) in [5.41, 5.74) is 2.36. The summed E-state index contributed by atoms with van der Waals surface area (Å²) in [7, 11) is 0. The molecule has 0 amide bonds. The Labute approximate surface area is 123 Å². The molecule has 0 saturated heterocycles. The van der Waals surface area contributed by atoms with Crippen molar-refractivity contribution in [2.75, 3.05) is 0 Å². The van der Waals surface area contributed by atoms with E-state index in [-0.39, 0.29) is 0 Å². The molecule has 0 aliphatic heterocycles. The number of alkyl halides is 1. The van der Waals surface area contributed by atoms with Crippen LogP contribution >= 0.6 is 31.9 Å². The molecule has 1 aromatic carbocycles. The fourth-order valence-corrected chi connectivity index (χ4v) is 2.82. The SMILES string of the molecule is Cc1ccc(-c2nnc(CBr)n2C2CC2)cc1Br. The van der Waals surface area contributed by atoms with Crippen LogP contribution in [-0.4, -0.2) is 14.8 Å². The molecule has 94 valence electrons.